The summed E-state index contributed by atoms with van der Waals surface area (Å²) in [5.74, 6) is 1.03. The molecule has 1 saturated carbocycles. The van der Waals surface area contributed by atoms with Crippen molar-refractivity contribution in [1.29, 1.82) is 0 Å². The number of aromatic hydroxyl groups is 1. The number of phenols is 1. The number of hydrogen-bond donors (Lipinski definition) is 2. The van der Waals surface area contributed by atoms with Crippen LogP contribution in [-0.2, 0) is 6.54 Å². The molecule has 1 aromatic carbocycles. The highest BCUT2D eigenvalue weighted by Gasteiger charge is 2.34. The van der Waals surface area contributed by atoms with Crippen molar-refractivity contribution in [2.24, 2.45) is 11.3 Å². The zero-order valence-electron chi connectivity index (χ0n) is 15.0. The fourth-order valence-electron chi connectivity index (χ4n) is 4.29. The molecule has 3 rings (SSSR count). The molecule has 0 amide bonds. The van der Waals surface area contributed by atoms with Crippen LogP contribution in [0.25, 0.3) is 10.9 Å². The van der Waals surface area contributed by atoms with E-state index in [0.29, 0.717) is 22.0 Å². The highest BCUT2D eigenvalue weighted by Crippen LogP contribution is 2.37. The second kappa shape index (κ2) is 8.54. The lowest BCUT2D eigenvalue weighted by atomic mass is 9.70. The van der Waals surface area contributed by atoms with Gasteiger partial charge in [-0.15, -0.1) is 0 Å². The standard InChI is InChI=1S/C19H25ClN2O.ClH.H2O/c1-12-7-14(10-19(2,3)9-12)22-11-13-8-16(20)15-5-4-6-21-17(15)18(13)23;;/h4-6,8,12,14,22-23H,7,9-11H2,1-3H3;1H;1H2. The zero-order chi connectivity index (χ0) is 16.6. The van der Waals surface area contributed by atoms with Gasteiger partial charge in [-0.2, -0.15) is 0 Å². The van der Waals surface area contributed by atoms with Gasteiger partial charge in [0.1, 0.15) is 12.1 Å². The van der Waals surface area contributed by atoms with Gasteiger partial charge in [-0.1, -0.05) is 32.4 Å². The monoisotopic (exact) mass is 386 g/mol. The van der Waals surface area contributed by atoms with Crippen molar-refractivity contribution in [1.82, 2.24) is 4.98 Å². The summed E-state index contributed by atoms with van der Waals surface area (Å²) >= 11 is 6.36. The Labute approximate surface area is 160 Å². The SMILES string of the molecule is CC1CC([NH2+]Cc2cc(Cl)c3cccnc3c2O)CC(C)(C)C1.O.[Cl-]. The average Bonchev–Trinajstić information content (AvgIpc) is 2.47. The smallest absolute Gasteiger partial charge is 0.150 e. The van der Waals surface area contributed by atoms with Crippen LogP contribution in [-0.4, -0.2) is 21.6 Å². The molecule has 6 heteroatoms. The van der Waals surface area contributed by atoms with Crippen molar-refractivity contribution >= 4 is 22.5 Å². The zero-order valence-corrected chi connectivity index (χ0v) is 16.5. The van der Waals surface area contributed by atoms with Crippen LogP contribution in [0.3, 0.4) is 0 Å². The fourth-order valence-corrected chi connectivity index (χ4v) is 4.57. The van der Waals surface area contributed by atoms with Gasteiger partial charge in [-0.05, 0) is 36.0 Å². The maximum atomic E-state index is 10.5. The van der Waals surface area contributed by atoms with Gasteiger partial charge in [-0.25, -0.2) is 0 Å². The molecule has 0 radical (unpaired) electrons. The molecule has 2 aromatic rings. The summed E-state index contributed by atoms with van der Waals surface area (Å²) in [5.41, 5.74) is 1.88. The van der Waals surface area contributed by atoms with Crippen LogP contribution < -0.4 is 17.7 Å². The molecule has 1 aliphatic rings. The summed E-state index contributed by atoms with van der Waals surface area (Å²) in [6.07, 6.45) is 5.45. The highest BCUT2D eigenvalue weighted by atomic mass is 35.5. The molecule has 1 fully saturated rings. The number of fused-ring (bicyclic) bond motifs is 1. The van der Waals surface area contributed by atoms with Crippen LogP contribution in [0.5, 0.6) is 5.75 Å². The van der Waals surface area contributed by atoms with Crippen molar-refractivity contribution in [3.63, 3.8) is 0 Å². The lowest BCUT2D eigenvalue weighted by molar-refractivity contribution is -0.709. The summed E-state index contributed by atoms with van der Waals surface area (Å²) in [6.45, 7) is 7.80. The Bertz CT molecular complexity index is 722. The molecule has 0 spiro atoms. The van der Waals surface area contributed by atoms with E-state index < -0.39 is 0 Å². The summed E-state index contributed by atoms with van der Waals surface area (Å²) in [6, 6.07) is 6.22. The number of halogens is 2. The van der Waals surface area contributed by atoms with E-state index in [2.05, 4.69) is 31.1 Å². The Kier molecular flexibility index (Phi) is 7.51. The van der Waals surface area contributed by atoms with Gasteiger partial charge in [0.25, 0.3) is 0 Å². The van der Waals surface area contributed by atoms with E-state index in [0.717, 1.165) is 23.4 Å². The van der Waals surface area contributed by atoms with E-state index >= 15 is 0 Å². The third-order valence-corrected chi connectivity index (χ3v) is 5.30. The van der Waals surface area contributed by atoms with Gasteiger partial charge in [0.15, 0.2) is 5.75 Å². The lowest BCUT2D eigenvalue weighted by Gasteiger charge is -2.37. The van der Waals surface area contributed by atoms with E-state index in [1.165, 1.54) is 19.3 Å². The van der Waals surface area contributed by atoms with E-state index in [1.807, 2.05) is 18.2 Å². The summed E-state index contributed by atoms with van der Waals surface area (Å²) in [4.78, 5) is 4.28. The fraction of sp³-hybridized carbons (Fsp3) is 0.526. The normalized spacial score (nSPS) is 22.1. The van der Waals surface area contributed by atoms with E-state index in [1.54, 1.807) is 6.20 Å². The maximum Gasteiger partial charge on any atom is 0.150 e. The number of nitrogens with two attached hydrogens (primary N) is 1. The second-order valence-electron chi connectivity index (χ2n) is 7.88. The van der Waals surface area contributed by atoms with Gasteiger partial charge in [0.05, 0.1) is 16.6 Å². The van der Waals surface area contributed by atoms with Crippen LogP contribution >= 0.6 is 11.6 Å². The third kappa shape index (κ3) is 4.98. The van der Waals surface area contributed by atoms with Crippen molar-refractivity contribution in [2.75, 3.05) is 0 Å². The molecule has 5 N–H and O–H groups in total. The minimum atomic E-state index is 0. The first-order chi connectivity index (χ1) is 10.9. The molecule has 1 aliphatic carbocycles. The van der Waals surface area contributed by atoms with Gasteiger partial charge in [0.2, 0.25) is 0 Å². The Morgan fingerprint density at radius 2 is 2.08 bits per heavy atom. The van der Waals surface area contributed by atoms with E-state index in [4.69, 9.17) is 11.6 Å². The molecule has 2 unspecified atom stereocenters. The second-order valence-corrected chi connectivity index (χ2v) is 8.29. The summed E-state index contributed by atoms with van der Waals surface area (Å²) < 4.78 is 0. The minimum Gasteiger partial charge on any atom is -1.00 e. The molecule has 1 aromatic heterocycles. The first-order valence-corrected chi connectivity index (χ1v) is 8.82. The quantitative estimate of drug-likeness (QED) is 0.781. The van der Waals surface area contributed by atoms with Crippen LogP contribution in [0.4, 0.5) is 0 Å². The Morgan fingerprint density at radius 3 is 2.76 bits per heavy atom. The number of pyridine rings is 1. The van der Waals surface area contributed by atoms with E-state index in [-0.39, 0.29) is 23.6 Å². The van der Waals surface area contributed by atoms with Crippen molar-refractivity contribution in [3.8, 4) is 5.75 Å². The summed E-state index contributed by atoms with van der Waals surface area (Å²) in [5, 5.41) is 14.3. The number of rotatable bonds is 3. The Balaban J connectivity index is 0.00000156. The Morgan fingerprint density at radius 1 is 1.36 bits per heavy atom. The molecular formula is C19H28Cl2N2O2. The van der Waals surface area contributed by atoms with Gasteiger partial charge in [-0.3, -0.25) is 4.98 Å². The average molecular weight is 387 g/mol. The van der Waals surface area contributed by atoms with Crippen LogP contribution in [0.2, 0.25) is 5.02 Å². The van der Waals surface area contributed by atoms with Crippen molar-refractivity contribution in [3.05, 3.63) is 35.0 Å². The van der Waals surface area contributed by atoms with Crippen LogP contribution in [0.15, 0.2) is 24.4 Å². The van der Waals surface area contributed by atoms with Gasteiger partial charge in [0, 0.05) is 24.4 Å². The molecule has 4 nitrogen and oxygen atoms in total. The predicted molar refractivity (Wildman–Crippen MR) is 98.2 cm³/mol. The van der Waals surface area contributed by atoms with Gasteiger partial charge < -0.3 is 28.3 Å². The van der Waals surface area contributed by atoms with Crippen LogP contribution in [0.1, 0.15) is 45.6 Å². The molecule has 1 heterocycles. The number of hydrogen-bond acceptors (Lipinski definition) is 2. The highest BCUT2D eigenvalue weighted by molar-refractivity contribution is 6.35. The first kappa shape index (κ1) is 22.0. The van der Waals surface area contributed by atoms with Crippen LogP contribution in [0, 0.1) is 11.3 Å². The molecule has 0 aliphatic heterocycles. The van der Waals surface area contributed by atoms with E-state index in [9.17, 15) is 5.11 Å². The Hall–Kier alpha value is -1.07. The number of nitrogens with zero attached hydrogens (tertiary/aromatic N) is 1. The van der Waals surface area contributed by atoms with Gasteiger partial charge >= 0.3 is 0 Å². The van der Waals surface area contributed by atoms with Crippen molar-refractivity contribution < 1.29 is 28.3 Å². The molecule has 140 valence electrons. The molecular weight excluding hydrogens is 359 g/mol. The van der Waals surface area contributed by atoms with Crippen molar-refractivity contribution in [2.45, 2.75) is 52.6 Å². The summed E-state index contributed by atoms with van der Waals surface area (Å²) in [7, 11) is 0. The largest absolute Gasteiger partial charge is 1.00 e. The number of phenolic OH excluding ortho intramolecular Hbond substituents is 1. The molecule has 25 heavy (non-hydrogen) atoms. The predicted octanol–water partition coefficient (Wildman–Crippen LogP) is 0.0513. The topological polar surface area (TPSA) is 81.2 Å². The first-order valence-electron chi connectivity index (χ1n) is 8.44. The maximum absolute atomic E-state index is 10.5. The molecule has 0 bridgehead atoms. The number of aromatic nitrogens is 1. The number of benzene rings is 1. The number of quaternary nitrogens is 1. The third-order valence-electron chi connectivity index (χ3n) is 4.99. The minimum absolute atomic E-state index is 0. The molecule has 2 atom stereocenters. The lowest BCUT2D eigenvalue weighted by Crippen LogP contribution is -3.00. The molecule has 0 saturated heterocycles.